The molecule has 7 nitrogen and oxygen atoms in total. The highest BCUT2D eigenvalue weighted by molar-refractivity contribution is 6.30. The summed E-state index contributed by atoms with van der Waals surface area (Å²) in [5.74, 6) is -0.540. The second-order valence-electron chi connectivity index (χ2n) is 8.47. The molecule has 2 rings (SSSR count). The highest BCUT2D eigenvalue weighted by Crippen LogP contribution is 2.34. The van der Waals surface area contributed by atoms with Crippen LogP contribution in [0.15, 0.2) is 18.2 Å². The highest BCUT2D eigenvalue weighted by atomic mass is 35.5. The van der Waals surface area contributed by atoms with Crippen molar-refractivity contribution in [2.24, 2.45) is 5.92 Å². The number of nitrogens with zero attached hydrogens (tertiary/aromatic N) is 1. The van der Waals surface area contributed by atoms with Gasteiger partial charge in [0.15, 0.2) is 0 Å². The van der Waals surface area contributed by atoms with Crippen molar-refractivity contribution in [2.45, 2.75) is 52.2 Å². The minimum atomic E-state index is -0.589. The Morgan fingerprint density at radius 2 is 2.06 bits per heavy atom. The van der Waals surface area contributed by atoms with Crippen molar-refractivity contribution in [1.29, 1.82) is 0 Å². The van der Waals surface area contributed by atoms with Crippen LogP contribution in [0.25, 0.3) is 0 Å². The van der Waals surface area contributed by atoms with Crippen molar-refractivity contribution < 1.29 is 28.2 Å². The molecule has 1 heterocycles. The zero-order chi connectivity index (χ0) is 23.0. The van der Waals surface area contributed by atoms with Gasteiger partial charge in [-0.1, -0.05) is 11.6 Å². The van der Waals surface area contributed by atoms with Gasteiger partial charge in [0.2, 0.25) is 0 Å². The lowest BCUT2D eigenvalue weighted by Crippen LogP contribution is -2.44. The Labute approximate surface area is 188 Å². The summed E-state index contributed by atoms with van der Waals surface area (Å²) in [6, 6.07) is 4.29. The van der Waals surface area contributed by atoms with Crippen molar-refractivity contribution in [3.05, 3.63) is 34.6 Å². The van der Waals surface area contributed by atoms with Crippen LogP contribution < -0.4 is 5.32 Å². The number of alkyl carbamates (subject to hydrolysis) is 1. The second-order valence-corrected chi connectivity index (χ2v) is 8.91. The lowest BCUT2D eigenvalue weighted by atomic mass is 9.88. The molecular weight excluding hydrogens is 427 g/mol. The SMILES string of the molecule is CCOC(=O)NCCOC(c1cc(F)cc(Cl)c1)C1CCCN(C(=O)OC(C)(C)C)C1. The van der Waals surface area contributed by atoms with Crippen LogP contribution in [-0.2, 0) is 14.2 Å². The first-order valence-corrected chi connectivity index (χ1v) is 10.9. The average Bonchev–Trinajstić information content (AvgIpc) is 2.66. The zero-order valence-corrected chi connectivity index (χ0v) is 19.3. The van der Waals surface area contributed by atoms with Crippen LogP contribution in [0.4, 0.5) is 14.0 Å². The number of hydrogen-bond donors (Lipinski definition) is 1. The maximum absolute atomic E-state index is 14.0. The summed E-state index contributed by atoms with van der Waals surface area (Å²) in [4.78, 5) is 25.7. The summed E-state index contributed by atoms with van der Waals surface area (Å²) in [7, 11) is 0. The van der Waals surface area contributed by atoms with Crippen LogP contribution in [-0.4, -0.2) is 55.5 Å². The lowest BCUT2D eigenvalue weighted by Gasteiger charge is -2.37. The van der Waals surface area contributed by atoms with E-state index in [4.69, 9.17) is 25.8 Å². The largest absolute Gasteiger partial charge is 0.450 e. The number of rotatable bonds is 7. The molecule has 0 radical (unpaired) electrons. The number of hydrogen-bond acceptors (Lipinski definition) is 5. The fourth-order valence-corrected chi connectivity index (χ4v) is 3.74. The van der Waals surface area contributed by atoms with E-state index in [1.54, 1.807) is 17.9 Å². The van der Waals surface area contributed by atoms with E-state index in [-0.39, 0.29) is 36.8 Å². The Hall–Kier alpha value is -2.06. The maximum Gasteiger partial charge on any atom is 0.410 e. The topological polar surface area (TPSA) is 77.1 Å². The van der Waals surface area contributed by atoms with Gasteiger partial charge in [-0.25, -0.2) is 14.0 Å². The first-order valence-electron chi connectivity index (χ1n) is 10.5. The van der Waals surface area contributed by atoms with E-state index < -0.39 is 23.6 Å². The van der Waals surface area contributed by atoms with Crippen molar-refractivity contribution in [2.75, 3.05) is 32.8 Å². The van der Waals surface area contributed by atoms with Crippen molar-refractivity contribution >= 4 is 23.8 Å². The fourth-order valence-electron chi connectivity index (χ4n) is 3.51. The van der Waals surface area contributed by atoms with Gasteiger partial charge in [-0.15, -0.1) is 0 Å². The average molecular weight is 459 g/mol. The molecule has 0 bridgehead atoms. The van der Waals surface area contributed by atoms with E-state index in [1.165, 1.54) is 12.1 Å². The van der Waals surface area contributed by atoms with Gasteiger partial charge >= 0.3 is 12.2 Å². The predicted molar refractivity (Wildman–Crippen MR) is 116 cm³/mol. The number of halogens is 2. The molecule has 1 aliphatic heterocycles. The van der Waals surface area contributed by atoms with Crippen LogP contribution in [0, 0.1) is 11.7 Å². The normalized spacial score (nSPS) is 17.7. The number of piperidine rings is 1. The first-order chi connectivity index (χ1) is 14.6. The number of nitrogens with one attached hydrogen (secondary N) is 1. The van der Waals surface area contributed by atoms with E-state index in [0.29, 0.717) is 18.7 Å². The molecule has 174 valence electrons. The summed E-state index contributed by atoms with van der Waals surface area (Å²) in [6.45, 7) is 8.91. The molecule has 0 saturated carbocycles. The molecule has 2 amide bonds. The Morgan fingerprint density at radius 3 is 2.71 bits per heavy atom. The third-order valence-corrected chi connectivity index (χ3v) is 4.91. The third-order valence-electron chi connectivity index (χ3n) is 4.70. The van der Waals surface area contributed by atoms with E-state index >= 15 is 0 Å². The fraction of sp³-hybridized carbons (Fsp3) is 0.636. The number of amides is 2. The van der Waals surface area contributed by atoms with Crippen LogP contribution in [0.3, 0.4) is 0 Å². The van der Waals surface area contributed by atoms with Crippen LogP contribution >= 0.6 is 11.6 Å². The highest BCUT2D eigenvalue weighted by Gasteiger charge is 2.33. The van der Waals surface area contributed by atoms with Gasteiger partial charge in [0.1, 0.15) is 11.4 Å². The van der Waals surface area contributed by atoms with Gasteiger partial charge in [-0.2, -0.15) is 0 Å². The van der Waals surface area contributed by atoms with E-state index in [9.17, 15) is 14.0 Å². The van der Waals surface area contributed by atoms with Gasteiger partial charge in [0, 0.05) is 30.6 Å². The van der Waals surface area contributed by atoms with E-state index in [1.807, 2.05) is 20.8 Å². The predicted octanol–water partition coefficient (Wildman–Crippen LogP) is 4.93. The molecule has 1 aromatic carbocycles. The Balaban J connectivity index is 2.11. The molecule has 2 unspecified atom stereocenters. The van der Waals surface area contributed by atoms with Gasteiger partial charge in [0.25, 0.3) is 0 Å². The molecular formula is C22H32ClFN2O5. The number of carbonyl (C=O) groups is 2. The minimum Gasteiger partial charge on any atom is -0.450 e. The number of benzene rings is 1. The molecule has 31 heavy (non-hydrogen) atoms. The van der Waals surface area contributed by atoms with Crippen LogP contribution in [0.5, 0.6) is 0 Å². The molecule has 1 N–H and O–H groups in total. The van der Waals surface area contributed by atoms with Crippen LogP contribution in [0.2, 0.25) is 5.02 Å². The Kier molecular flexibility index (Phi) is 9.37. The Morgan fingerprint density at radius 1 is 1.32 bits per heavy atom. The third kappa shape index (κ3) is 8.53. The standard InChI is InChI=1S/C22H32ClFN2O5/c1-5-29-20(27)25-8-10-30-19(16-11-17(23)13-18(24)12-16)15-7-6-9-26(14-15)21(28)31-22(2,3)4/h11-13,15,19H,5-10,14H2,1-4H3,(H,25,27). The molecule has 2 atom stereocenters. The second kappa shape index (κ2) is 11.5. The summed E-state index contributed by atoms with van der Waals surface area (Å²) in [6.07, 6.45) is 0.168. The maximum atomic E-state index is 14.0. The molecule has 1 aliphatic rings. The van der Waals surface area contributed by atoms with Gasteiger partial charge in [0.05, 0.1) is 19.3 Å². The van der Waals surface area contributed by atoms with Crippen molar-refractivity contribution in [3.8, 4) is 0 Å². The van der Waals surface area contributed by atoms with E-state index in [2.05, 4.69) is 5.32 Å². The van der Waals surface area contributed by atoms with Gasteiger partial charge in [-0.3, -0.25) is 0 Å². The van der Waals surface area contributed by atoms with Crippen molar-refractivity contribution in [1.82, 2.24) is 10.2 Å². The number of carbonyl (C=O) groups excluding carboxylic acids is 2. The Bertz CT molecular complexity index is 736. The molecule has 0 aromatic heterocycles. The van der Waals surface area contributed by atoms with Crippen LogP contribution in [0.1, 0.15) is 52.2 Å². The molecule has 1 fully saturated rings. The lowest BCUT2D eigenvalue weighted by molar-refractivity contribution is -0.0247. The first kappa shape index (κ1) is 25.2. The van der Waals surface area contributed by atoms with Crippen molar-refractivity contribution in [3.63, 3.8) is 0 Å². The monoisotopic (exact) mass is 458 g/mol. The molecule has 0 aliphatic carbocycles. The zero-order valence-electron chi connectivity index (χ0n) is 18.6. The molecule has 0 spiro atoms. The smallest absolute Gasteiger partial charge is 0.410 e. The summed E-state index contributed by atoms with van der Waals surface area (Å²) in [5.41, 5.74) is 0.00609. The van der Waals surface area contributed by atoms with Gasteiger partial charge in [-0.05, 0) is 64.3 Å². The minimum absolute atomic E-state index is 0.0817. The summed E-state index contributed by atoms with van der Waals surface area (Å²) in [5, 5.41) is 2.87. The molecule has 1 saturated heterocycles. The number of ether oxygens (including phenoxy) is 3. The summed E-state index contributed by atoms with van der Waals surface area (Å²) >= 11 is 6.07. The molecule has 9 heteroatoms. The summed E-state index contributed by atoms with van der Waals surface area (Å²) < 4.78 is 30.4. The molecule has 1 aromatic rings. The quantitative estimate of drug-likeness (QED) is 0.586. The van der Waals surface area contributed by atoms with Gasteiger partial charge < -0.3 is 24.4 Å². The van der Waals surface area contributed by atoms with E-state index in [0.717, 1.165) is 12.8 Å². The number of likely N-dealkylation sites (tertiary alicyclic amines) is 1.